The van der Waals surface area contributed by atoms with Crippen LogP contribution in [0, 0.1) is 0 Å². The molecule has 1 amide bonds. The molecule has 2 aromatic carbocycles. The number of hydrogen-bond acceptors (Lipinski definition) is 7. The lowest BCUT2D eigenvalue weighted by atomic mass is 9.95. The molecule has 2 aliphatic heterocycles. The van der Waals surface area contributed by atoms with Crippen molar-refractivity contribution >= 4 is 23.1 Å². The van der Waals surface area contributed by atoms with Gasteiger partial charge in [-0.15, -0.1) is 0 Å². The van der Waals surface area contributed by atoms with Gasteiger partial charge < -0.3 is 29.1 Å². The molecular formula is C24H26N2O6. The summed E-state index contributed by atoms with van der Waals surface area (Å²) in [5, 5.41) is 11.2. The van der Waals surface area contributed by atoms with E-state index in [-0.39, 0.29) is 24.5 Å². The van der Waals surface area contributed by atoms with E-state index in [2.05, 4.69) is 0 Å². The quantitative estimate of drug-likeness (QED) is 0.421. The van der Waals surface area contributed by atoms with Crippen molar-refractivity contribution < 1.29 is 28.9 Å². The Kier molecular flexibility index (Phi) is 6.05. The number of carbonyl (C=O) groups excluding carboxylic acids is 2. The molecule has 0 spiro atoms. The number of Topliss-reactive ketones (excluding diaryl/α,β-unsaturated/α-hetero) is 1. The molecule has 2 aromatic rings. The van der Waals surface area contributed by atoms with Crippen molar-refractivity contribution in [2.24, 2.45) is 0 Å². The molecule has 1 saturated heterocycles. The highest BCUT2D eigenvalue weighted by molar-refractivity contribution is 6.46. The second kappa shape index (κ2) is 8.92. The summed E-state index contributed by atoms with van der Waals surface area (Å²) in [7, 11) is 5.40. The predicted octanol–water partition coefficient (Wildman–Crippen LogP) is 2.59. The molecule has 0 saturated carbocycles. The van der Waals surface area contributed by atoms with Gasteiger partial charge in [-0.3, -0.25) is 9.59 Å². The van der Waals surface area contributed by atoms with Crippen molar-refractivity contribution in [3.8, 4) is 11.5 Å². The van der Waals surface area contributed by atoms with E-state index in [9.17, 15) is 14.7 Å². The van der Waals surface area contributed by atoms with Gasteiger partial charge in [0, 0.05) is 39.0 Å². The van der Waals surface area contributed by atoms with Gasteiger partial charge in [0.1, 0.15) is 19.0 Å². The molecule has 8 nitrogen and oxygen atoms in total. The van der Waals surface area contributed by atoms with Crippen LogP contribution in [0.3, 0.4) is 0 Å². The molecule has 0 radical (unpaired) electrons. The summed E-state index contributed by atoms with van der Waals surface area (Å²) in [6.45, 7) is 1.34. The van der Waals surface area contributed by atoms with E-state index >= 15 is 0 Å². The van der Waals surface area contributed by atoms with Crippen LogP contribution in [0.25, 0.3) is 5.76 Å². The van der Waals surface area contributed by atoms with Gasteiger partial charge in [0.25, 0.3) is 11.7 Å². The number of ether oxygens (including phenoxy) is 3. The first-order valence-electron chi connectivity index (χ1n) is 10.4. The van der Waals surface area contributed by atoms with Crippen LogP contribution >= 0.6 is 0 Å². The number of aliphatic hydroxyl groups excluding tert-OH is 1. The monoisotopic (exact) mass is 438 g/mol. The molecule has 4 rings (SSSR count). The number of rotatable bonds is 6. The van der Waals surface area contributed by atoms with Crippen LogP contribution in [-0.2, 0) is 14.3 Å². The minimum atomic E-state index is -0.727. The highest BCUT2D eigenvalue weighted by Gasteiger charge is 2.46. The first-order valence-corrected chi connectivity index (χ1v) is 10.4. The largest absolute Gasteiger partial charge is 0.507 e. The van der Waals surface area contributed by atoms with Crippen molar-refractivity contribution in [3.63, 3.8) is 0 Å². The molecule has 0 bridgehead atoms. The summed E-state index contributed by atoms with van der Waals surface area (Å²) in [5.41, 5.74) is 2.13. The van der Waals surface area contributed by atoms with Gasteiger partial charge in [-0.1, -0.05) is 12.1 Å². The first-order chi connectivity index (χ1) is 15.4. The number of fused-ring (bicyclic) bond motifs is 1. The summed E-state index contributed by atoms with van der Waals surface area (Å²) in [6.07, 6.45) is 0. The van der Waals surface area contributed by atoms with Gasteiger partial charge in [-0.2, -0.15) is 0 Å². The number of hydrogen-bond donors (Lipinski definition) is 1. The average molecular weight is 438 g/mol. The van der Waals surface area contributed by atoms with Crippen LogP contribution < -0.4 is 14.4 Å². The van der Waals surface area contributed by atoms with Gasteiger partial charge in [-0.25, -0.2) is 0 Å². The molecule has 32 heavy (non-hydrogen) atoms. The van der Waals surface area contributed by atoms with E-state index in [4.69, 9.17) is 14.2 Å². The number of carbonyl (C=O) groups is 2. The summed E-state index contributed by atoms with van der Waals surface area (Å²) in [6, 6.07) is 11.8. The van der Waals surface area contributed by atoms with E-state index in [1.165, 1.54) is 12.0 Å². The molecule has 1 atom stereocenters. The fraction of sp³-hybridized carbons (Fsp3) is 0.333. The molecule has 2 aliphatic rings. The van der Waals surface area contributed by atoms with Crippen LogP contribution in [0.1, 0.15) is 17.2 Å². The number of benzene rings is 2. The lowest BCUT2D eigenvalue weighted by Gasteiger charge is -2.25. The van der Waals surface area contributed by atoms with Gasteiger partial charge in [0.15, 0.2) is 11.5 Å². The first kappa shape index (κ1) is 21.7. The molecule has 1 fully saturated rings. The molecule has 0 aromatic heterocycles. The normalized spacial score (nSPS) is 19.3. The fourth-order valence-corrected chi connectivity index (χ4v) is 3.95. The number of methoxy groups -OCH3 is 1. The zero-order valence-electron chi connectivity index (χ0n) is 18.3. The van der Waals surface area contributed by atoms with Crippen molar-refractivity contribution in [2.75, 3.05) is 52.5 Å². The third kappa shape index (κ3) is 3.89. The predicted molar refractivity (Wildman–Crippen MR) is 119 cm³/mol. The minimum Gasteiger partial charge on any atom is -0.507 e. The maximum absolute atomic E-state index is 13.0. The Morgan fingerprint density at radius 1 is 1.09 bits per heavy atom. The minimum absolute atomic E-state index is 0.0420. The smallest absolute Gasteiger partial charge is 0.295 e. The zero-order valence-corrected chi connectivity index (χ0v) is 18.3. The third-order valence-corrected chi connectivity index (χ3v) is 5.62. The summed E-state index contributed by atoms with van der Waals surface area (Å²) in [4.78, 5) is 29.3. The molecule has 2 heterocycles. The Hall–Kier alpha value is -3.52. The van der Waals surface area contributed by atoms with E-state index in [1.807, 2.05) is 43.3 Å². The Labute approximate surface area is 186 Å². The summed E-state index contributed by atoms with van der Waals surface area (Å²) >= 11 is 0. The van der Waals surface area contributed by atoms with Gasteiger partial charge in [0.05, 0.1) is 18.2 Å². The molecule has 1 unspecified atom stereocenters. The number of amides is 1. The highest BCUT2D eigenvalue weighted by Crippen LogP contribution is 2.41. The maximum Gasteiger partial charge on any atom is 0.295 e. The van der Waals surface area contributed by atoms with Crippen molar-refractivity contribution in [1.29, 1.82) is 0 Å². The second-order valence-electron chi connectivity index (χ2n) is 7.83. The lowest BCUT2D eigenvalue weighted by molar-refractivity contribution is -0.140. The Bertz CT molecular complexity index is 1060. The lowest BCUT2D eigenvalue weighted by Crippen LogP contribution is -2.32. The van der Waals surface area contributed by atoms with Gasteiger partial charge >= 0.3 is 0 Å². The number of ketones is 1. The van der Waals surface area contributed by atoms with Crippen molar-refractivity contribution in [1.82, 2.24) is 4.90 Å². The number of nitrogens with zero attached hydrogens (tertiary/aromatic N) is 2. The maximum atomic E-state index is 13.0. The van der Waals surface area contributed by atoms with Gasteiger partial charge in [0.2, 0.25) is 0 Å². The average Bonchev–Trinajstić information content (AvgIpc) is 3.06. The molecule has 0 aliphatic carbocycles. The number of aliphatic hydroxyl groups is 1. The van der Waals surface area contributed by atoms with Crippen LogP contribution in [0.4, 0.5) is 5.69 Å². The number of anilines is 1. The molecule has 1 N–H and O–H groups in total. The van der Waals surface area contributed by atoms with E-state index in [0.717, 1.165) is 11.3 Å². The van der Waals surface area contributed by atoms with Crippen molar-refractivity contribution in [2.45, 2.75) is 6.04 Å². The molecule has 168 valence electrons. The van der Waals surface area contributed by atoms with Crippen LogP contribution in [0.5, 0.6) is 11.5 Å². The Morgan fingerprint density at radius 3 is 2.44 bits per heavy atom. The van der Waals surface area contributed by atoms with E-state index in [1.54, 1.807) is 18.2 Å². The summed E-state index contributed by atoms with van der Waals surface area (Å²) < 4.78 is 16.3. The topological polar surface area (TPSA) is 88.5 Å². The van der Waals surface area contributed by atoms with E-state index in [0.29, 0.717) is 30.3 Å². The fourth-order valence-electron chi connectivity index (χ4n) is 3.95. The Morgan fingerprint density at radius 2 is 1.78 bits per heavy atom. The molecular weight excluding hydrogens is 412 g/mol. The Balaban J connectivity index is 1.81. The standard InChI is InChI=1S/C24H26N2O6/c1-25(2)17-7-4-15(5-8-17)21-20(23(28)24(29)26(21)10-11-30-3)22(27)16-6-9-18-19(14-16)32-13-12-31-18/h4-9,14,21,27H,10-13H2,1-3H3. The highest BCUT2D eigenvalue weighted by atomic mass is 16.6. The van der Waals surface area contributed by atoms with Crippen LogP contribution in [0.2, 0.25) is 0 Å². The second-order valence-corrected chi connectivity index (χ2v) is 7.83. The van der Waals surface area contributed by atoms with Gasteiger partial charge in [-0.05, 0) is 35.9 Å². The molecule has 8 heteroatoms. The SMILES string of the molecule is COCCN1C(=O)C(=O)C(=C(O)c2ccc3c(c2)OCCO3)C1c1ccc(N(C)C)cc1. The van der Waals surface area contributed by atoms with Crippen LogP contribution in [0.15, 0.2) is 48.0 Å². The van der Waals surface area contributed by atoms with E-state index < -0.39 is 17.7 Å². The number of likely N-dealkylation sites (tertiary alicyclic amines) is 1. The van der Waals surface area contributed by atoms with Crippen molar-refractivity contribution in [3.05, 3.63) is 59.2 Å². The summed E-state index contributed by atoms with van der Waals surface area (Å²) in [5.74, 6) is -0.579. The van der Waals surface area contributed by atoms with Crippen LogP contribution in [-0.4, -0.2) is 69.3 Å². The zero-order chi connectivity index (χ0) is 22.8. The third-order valence-electron chi connectivity index (χ3n) is 5.62.